The topological polar surface area (TPSA) is 84.6 Å². The van der Waals surface area contributed by atoms with E-state index in [0.717, 1.165) is 18.7 Å². The first-order valence-electron chi connectivity index (χ1n) is 4.89. The Bertz CT molecular complexity index is 429. The van der Waals surface area contributed by atoms with Crippen molar-refractivity contribution in [3.05, 3.63) is 27.8 Å². The molecule has 1 aliphatic rings. The first-order chi connectivity index (χ1) is 7.63. The number of nitro groups is 1. The minimum atomic E-state index is -0.604. The van der Waals surface area contributed by atoms with E-state index in [1.807, 2.05) is 0 Å². The molecule has 1 aromatic carbocycles. The summed E-state index contributed by atoms with van der Waals surface area (Å²) in [5.41, 5.74) is 0.515. The lowest BCUT2D eigenvalue weighted by Crippen LogP contribution is -2.39. The van der Waals surface area contributed by atoms with Crippen LogP contribution in [-0.2, 0) is 0 Å². The molecular weight excluding hydrogens is 212 g/mol. The number of benzene rings is 1. The molecule has 0 atom stereocenters. The molecule has 0 radical (unpaired) electrons. The summed E-state index contributed by atoms with van der Waals surface area (Å²) in [6, 6.07) is 3.05. The van der Waals surface area contributed by atoms with Crippen molar-refractivity contribution in [2.45, 2.75) is 5.92 Å². The summed E-state index contributed by atoms with van der Waals surface area (Å²) in [4.78, 5) is 10.1. The molecule has 1 fully saturated rings. The van der Waals surface area contributed by atoms with Gasteiger partial charge < -0.3 is 15.2 Å². The second-order valence-electron chi connectivity index (χ2n) is 3.70. The highest BCUT2D eigenvalue weighted by atomic mass is 16.6. The van der Waals surface area contributed by atoms with Crippen LogP contribution in [0, 0.1) is 10.1 Å². The van der Waals surface area contributed by atoms with Gasteiger partial charge in [0.2, 0.25) is 5.75 Å². The van der Waals surface area contributed by atoms with Crippen LogP contribution < -0.4 is 10.1 Å². The van der Waals surface area contributed by atoms with E-state index < -0.39 is 10.7 Å². The molecular formula is C10H12N2O4. The largest absolute Gasteiger partial charge is 0.500 e. The van der Waals surface area contributed by atoms with Gasteiger partial charge in [0, 0.05) is 25.1 Å². The fourth-order valence-corrected chi connectivity index (χ4v) is 1.67. The molecule has 6 heteroatoms. The third-order valence-corrected chi connectivity index (χ3v) is 2.75. The van der Waals surface area contributed by atoms with E-state index in [-0.39, 0.29) is 17.4 Å². The van der Waals surface area contributed by atoms with Gasteiger partial charge in [-0.05, 0) is 11.6 Å². The molecule has 0 bridgehead atoms. The van der Waals surface area contributed by atoms with Crippen LogP contribution in [0.2, 0.25) is 0 Å². The molecule has 1 aromatic rings. The standard InChI is InChI=1S/C10H12N2O4/c1-16-9-3-6(7-4-11-5-7)2-8(10(9)13)12(14)15/h2-3,7,11,13H,4-5H2,1H3. The second kappa shape index (κ2) is 3.97. The Labute approximate surface area is 92.0 Å². The lowest BCUT2D eigenvalue weighted by atomic mass is 9.93. The van der Waals surface area contributed by atoms with Crippen molar-refractivity contribution >= 4 is 5.69 Å². The fraction of sp³-hybridized carbons (Fsp3) is 0.400. The SMILES string of the molecule is COc1cc(C2CNC2)cc([N+](=O)[O-])c1O. The van der Waals surface area contributed by atoms with Gasteiger partial charge in [0.15, 0.2) is 5.75 Å². The number of ether oxygens (including phenoxy) is 1. The highest BCUT2D eigenvalue weighted by Crippen LogP contribution is 2.39. The van der Waals surface area contributed by atoms with Crippen LogP contribution >= 0.6 is 0 Å². The van der Waals surface area contributed by atoms with Gasteiger partial charge in [-0.15, -0.1) is 0 Å². The molecule has 1 aliphatic heterocycles. The van der Waals surface area contributed by atoms with Crippen molar-refractivity contribution in [1.29, 1.82) is 0 Å². The Morgan fingerprint density at radius 2 is 2.25 bits per heavy atom. The average molecular weight is 224 g/mol. The third-order valence-electron chi connectivity index (χ3n) is 2.75. The average Bonchev–Trinajstić information content (AvgIpc) is 2.17. The summed E-state index contributed by atoms with van der Waals surface area (Å²) in [7, 11) is 1.38. The summed E-state index contributed by atoms with van der Waals surface area (Å²) < 4.78 is 4.92. The van der Waals surface area contributed by atoms with E-state index in [0.29, 0.717) is 0 Å². The maximum Gasteiger partial charge on any atom is 0.314 e. The molecule has 1 saturated heterocycles. The van der Waals surface area contributed by atoms with E-state index in [1.54, 1.807) is 6.07 Å². The molecule has 0 spiro atoms. The number of hydrogen-bond acceptors (Lipinski definition) is 5. The molecule has 0 aliphatic carbocycles. The number of methoxy groups -OCH3 is 1. The minimum absolute atomic E-state index is 0.149. The summed E-state index contributed by atoms with van der Waals surface area (Å²) in [6.45, 7) is 1.59. The molecule has 6 nitrogen and oxygen atoms in total. The Morgan fingerprint density at radius 3 is 2.69 bits per heavy atom. The van der Waals surface area contributed by atoms with Gasteiger partial charge >= 0.3 is 5.69 Å². The van der Waals surface area contributed by atoms with Gasteiger partial charge in [0.05, 0.1) is 12.0 Å². The lowest BCUT2D eigenvalue weighted by Gasteiger charge is -2.27. The Morgan fingerprint density at radius 1 is 1.56 bits per heavy atom. The molecule has 0 unspecified atom stereocenters. The van der Waals surface area contributed by atoms with E-state index >= 15 is 0 Å². The summed E-state index contributed by atoms with van der Waals surface area (Å²) in [5.74, 6) is -0.00664. The van der Waals surface area contributed by atoms with Crippen LogP contribution in [0.3, 0.4) is 0 Å². The molecule has 0 saturated carbocycles. The van der Waals surface area contributed by atoms with Gasteiger partial charge in [-0.2, -0.15) is 0 Å². The van der Waals surface area contributed by atoms with E-state index in [9.17, 15) is 15.2 Å². The monoisotopic (exact) mass is 224 g/mol. The van der Waals surface area contributed by atoms with Crippen molar-refractivity contribution in [3.63, 3.8) is 0 Å². The molecule has 2 rings (SSSR count). The third kappa shape index (κ3) is 1.67. The maximum atomic E-state index is 10.7. The predicted octanol–water partition coefficient (Wildman–Crippen LogP) is 0.996. The van der Waals surface area contributed by atoms with Crippen molar-refractivity contribution in [1.82, 2.24) is 5.32 Å². The zero-order valence-electron chi connectivity index (χ0n) is 8.77. The van der Waals surface area contributed by atoms with E-state index in [2.05, 4.69) is 5.32 Å². The number of phenols is 1. The number of nitro benzene ring substituents is 1. The normalized spacial score (nSPS) is 15.6. The van der Waals surface area contributed by atoms with Gasteiger partial charge in [-0.1, -0.05) is 0 Å². The molecule has 86 valence electrons. The number of hydrogen-bond donors (Lipinski definition) is 2. The summed E-state index contributed by atoms with van der Waals surface area (Å²) in [6.07, 6.45) is 0. The van der Waals surface area contributed by atoms with Crippen molar-refractivity contribution in [2.75, 3.05) is 20.2 Å². The first kappa shape index (κ1) is 10.7. The van der Waals surface area contributed by atoms with Crippen molar-refractivity contribution < 1.29 is 14.8 Å². The van der Waals surface area contributed by atoms with Crippen LogP contribution in [0.15, 0.2) is 12.1 Å². The molecule has 16 heavy (non-hydrogen) atoms. The van der Waals surface area contributed by atoms with Crippen LogP contribution in [0.5, 0.6) is 11.5 Å². The second-order valence-corrected chi connectivity index (χ2v) is 3.70. The summed E-state index contributed by atoms with van der Waals surface area (Å²) in [5, 5.41) is 23.4. The Kier molecular flexibility index (Phi) is 2.66. The molecule has 1 heterocycles. The molecule has 2 N–H and O–H groups in total. The minimum Gasteiger partial charge on any atom is -0.500 e. The quantitative estimate of drug-likeness (QED) is 0.591. The highest BCUT2D eigenvalue weighted by molar-refractivity contribution is 5.58. The maximum absolute atomic E-state index is 10.7. The van der Waals surface area contributed by atoms with E-state index in [4.69, 9.17) is 4.74 Å². The number of nitrogens with one attached hydrogen (secondary N) is 1. The van der Waals surface area contributed by atoms with Crippen molar-refractivity contribution in [2.24, 2.45) is 0 Å². The summed E-state index contributed by atoms with van der Waals surface area (Å²) >= 11 is 0. The number of aromatic hydroxyl groups is 1. The Hall–Kier alpha value is -1.82. The number of rotatable bonds is 3. The zero-order valence-corrected chi connectivity index (χ0v) is 8.77. The molecule has 0 amide bonds. The van der Waals surface area contributed by atoms with Gasteiger partial charge in [-0.25, -0.2) is 0 Å². The van der Waals surface area contributed by atoms with Crippen LogP contribution in [-0.4, -0.2) is 30.2 Å². The Balaban J connectivity index is 2.47. The van der Waals surface area contributed by atoms with Gasteiger partial charge in [0.1, 0.15) is 0 Å². The number of phenolic OH excluding ortho intramolecular Hbond substituents is 1. The van der Waals surface area contributed by atoms with Crippen molar-refractivity contribution in [3.8, 4) is 11.5 Å². The smallest absolute Gasteiger partial charge is 0.314 e. The van der Waals surface area contributed by atoms with Crippen LogP contribution in [0.1, 0.15) is 11.5 Å². The zero-order chi connectivity index (χ0) is 11.7. The van der Waals surface area contributed by atoms with Gasteiger partial charge in [0.25, 0.3) is 0 Å². The van der Waals surface area contributed by atoms with E-state index in [1.165, 1.54) is 13.2 Å². The van der Waals surface area contributed by atoms with Crippen LogP contribution in [0.25, 0.3) is 0 Å². The predicted molar refractivity (Wildman–Crippen MR) is 56.9 cm³/mol. The van der Waals surface area contributed by atoms with Gasteiger partial charge in [-0.3, -0.25) is 10.1 Å². The fourth-order valence-electron chi connectivity index (χ4n) is 1.67. The molecule has 0 aromatic heterocycles. The van der Waals surface area contributed by atoms with Crippen LogP contribution in [0.4, 0.5) is 5.69 Å². The number of nitrogens with zero attached hydrogens (tertiary/aromatic N) is 1. The first-order valence-corrected chi connectivity index (χ1v) is 4.89. The lowest BCUT2D eigenvalue weighted by molar-refractivity contribution is -0.386. The highest BCUT2D eigenvalue weighted by Gasteiger charge is 2.26.